The molecule has 0 saturated heterocycles. The summed E-state index contributed by atoms with van der Waals surface area (Å²) in [6, 6.07) is 25.9. The van der Waals surface area contributed by atoms with Gasteiger partial charge in [-0.05, 0) is 29.7 Å². The molecular formula is C21H22N2O. The third kappa shape index (κ3) is 2.81. The van der Waals surface area contributed by atoms with Crippen LogP contribution in [0, 0.1) is 0 Å². The lowest BCUT2D eigenvalue weighted by Gasteiger charge is -2.35. The number of anilines is 2. The zero-order chi connectivity index (χ0) is 17.0. The molecule has 3 nitrogen and oxygen atoms in total. The summed E-state index contributed by atoms with van der Waals surface area (Å²) in [5.74, 6) is 0.601. The monoisotopic (exact) mass is 318 g/mol. The van der Waals surface area contributed by atoms with Gasteiger partial charge in [-0.25, -0.2) is 0 Å². The zero-order valence-electron chi connectivity index (χ0n) is 13.8. The van der Waals surface area contributed by atoms with Crippen molar-refractivity contribution in [2.24, 2.45) is 0 Å². The molecule has 0 aliphatic rings. The van der Waals surface area contributed by atoms with Crippen molar-refractivity contribution < 1.29 is 4.74 Å². The van der Waals surface area contributed by atoms with Gasteiger partial charge in [0.15, 0.2) is 5.60 Å². The second kappa shape index (κ2) is 6.67. The van der Waals surface area contributed by atoms with E-state index in [1.807, 2.05) is 48.5 Å². The average Bonchev–Trinajstić information content (AvgIpc) is 2.65. The summed E-state index contributed by atoms with van der Waals surface area (Å²) in [5.41, 5.74) is 14.7. The van der Waals surface area contributed by atoms with Crippen LogP contribution in [0.1, 0.15) is 24.5 Å². The first kappa shape index (κ1) is 15.9. The van der Waals surface area contributed by atoms with Crippen molar-refractivity contribution >= 4 is 11.4 Å². The molecule has 0 unspecified atom stereocenters. The van der Waals surface area contributed by atoms with Crippen molar-refractivity contribution in [1.82, 2.24) is 0 Å². The fourth-order valence-electron chi connectivity index (χ4n) is 3.02. The fraction of sp³-hybridized carbons (Fsp3) is 0.143. The Kier molecular flexibility index (Phi) is 4.43. The van der Waals surface area contributed by atoms with E-state index in [1.165, 1.54) is 0 Å². The van der Waals surface area contributed by atoms with Crippen LogP contribution in [0.2, 0.25) is 0 Å². The van der Waals surface area contributed by atoms with Crippen molar-refractivity contribution in [1.29, 1.82) is 0 Å². The van der Waals surface area contributed by atoms with Crippen LogP contribution in [0.15, 0.2) is 78.9 Å². The molecule has 0 heterocycles. The van der Waals surface area contributed by atoms with Crippen molar-refractivity contribution in [2.75, 3.05) is 11.5 Å². The van der Waals surface area contributed by atoms with Crippen LogP contribution in [0.4, 0.5) is 11.4 Å². The number of rotatable bonds is 5. The Balaban J connectivity index is 2.17. The van der Waals surface area contributed by atoms with Gasteiger partial charge in [0, 0.05) is 0 Å². The lowest BCUT2D eigenvalue weighted by molar-refractivity contribution is 0.107. The van der Waals surface area contributed by atoms with Gasteiger partial charge in [-0.15, -0.1) is 0 Å². The minimum Gasteiger partial charge on any atom is -0.476 e. The van der Waals surface area contributed by atoms with Gasteiger partial charge in [0.25, 0.3) is 0 Å². The Morgan fingerprint density at radius 1 is 0.750 bits per heavy atom. The van der Waals surface area contributed by atoms with Crippen LogP contribution in [-0.4, -0.2) is 0 Å². The van der Waals surface area contributed by atoms with Crippen molar-refractivity contribution in [3.63, 3.8) is 0 Å². The molecule has 0 saturated carbocycles. The molecule has 4 N–H and O–H groups in total. The molecule has 0 aliphatic heterocycles. The van der Waals surface area contributed by atoms with Crippen LogP contribution < -0.4 is 16.2 Å². The number of hydrogen-bond donors (Lipinski definition) is 2. The van der Waals surface area contributed by atoms with E-state index in [2.05, 4.69) is 31.2 Å². The fourth-order valence-corrected chi connectivity index (χ4v) is 3.02. The molecule has 0 bridgehead atoms. The molecule has 3 rings (SSSR count). The summed E-state index contributed by atoms with van der Waals surface area (Å²) in [4.78, 5) is 0. The van der Waals surface area contributed by atoms with E-state index in [1.54, 1.807) is 6.07 Å². The number of para-hydroxylation sites is 1. The highest BCUT2D eigenvalue weighted by molar-refractivity contribution is 5.70. The number of nitrogen functional groups attached to an aromatic ring is 2. The van der Waals surface area contributed by atoms with Gasteiger partial charge in [0.2, 0.25) is 0 Å². The third-order valence-electron chi connectivity index (χ3n) is 4.36. The van der Waals surface area contributed by atoms with Crippen LogP contribution in [0.3, 0.4) is 0 Å². The van der Waals surface area contributed by atoms with E-state index < -0.39 is 5.60 Å². The molecule has 122 valence electrons. The second-order valence-electron chi connectivity index (χ2n) is 5.77. The smallest absolute Gasteiger partial charge is 0.159 e. The predicted octanol–water partition coefficient (Wildman–Crippen LogP) is 4.58. The van der Waals surface area contributed by atoms with Crippen LogP contribution in [0.5, 0.6) is 5.75 Å². The largest absolute Gasteiger partial charge is 0.476 e. The summed E-state index contributed by atoms with van der Waals surface area (Å²) in [6.07, 6.45) is 0.759. The standard InChI is InChI=1S/C21H22N2O/c1-2-21(16-10-5-3-6-11-16,17-12-7-4-8-13-17)24-19-15-9-14-18(22)20(19)23/h3-15H,2,22-23H2,1H3. The van der Waals surface area contributed by atoms with Crippen LogP contribution >= 0.6 is 0 Å². The number of benzene rings is 3. The van der Waals surface area contributed by atoms with E-state index in [-0.39, 0.29) is 0 Å². The number of hydrogen-bond acceptors (Lipinski definition) is 3. The molecule has 0 amide bonds. The third-order valence-corrected chi connectivity index (χ3v) is 4.36. The molecule has 0 aliphatic carbocycles. The van der Waals surface area contributed by atoms with Crippen molar-refractivity contribution in [2.45, 2.75) is 18.9 Å². The summed E-state index contributed by atoms with van der Waals surface area (Å²) in [7, 11) is 0. The van der Waals surface area contributed by atoms with Crippen LogP contribution in [0.25, 0.3) is 0 Å². The summed E-state index contributed by atoms with van der Waals surface area (Å²) in [6.45, 7) is 2.11. The lowest BCUT2D eigenvalue weighted by atomic mass is 9.83. The predicted molar refractivity (Wildman–Crippen MR) is 99.8 cm³/mol. The zero-order valence-corrected chi connectivity index (χ0v) is 13.8. The maximum absolute atomic E-state index is 6.53. The summed E-state index contributed by atoms with van der Waals surface area (Å²) >= 11 is 0. The van der Waals surface area contributed by atoms with Gasteiger partial charge < -0.3 is 16.2 Å². The first-order valence-electron chi connectivity index (χ1n) is 8.11. The highest BCUT2D eigenvalue weighted by Crippen LogP contribution is 2.40. The number of ether oxygens (including phenoxy) is 1. The number of nitrogens with two attached hydrogens (primary N) is 2. The Labute approximate surface area is 142 Å². The molecule has 0 spiro atoms. The van der Waals surface area contributed by atoms with Gasteiger partial charge in [0.05, 0.1) is 11.4 Å². The van der Waals surface area contributed by atoms with Crippen molar-refractivity contribution in [3.8, 4) is 5.75 Å². The lowest BCUT2D eigenvalue weighted by Crippen LogP contribution is -2.34. The molecule has 0 fully saturated rings. The molecule has 0 radical (unpaired) electrons. The normalized spacial score (nSPS) is 11.2. The topological polar surface area (TPSA) is 61.3 Å². The Hall–Kier alpha value is -2.94. The van der Waals surface area contributed by atoms with E-state index >= 15 is 0 Å². The molecule has 24 heavy (non-hydrogen) atoms. The van der Waals surface area contributed by atoms with Crippen LogP contribution in [-0.2, 0) is 5.60 Å². The van der Waals surface area contributed by atoms with Gasteiger partial charge in [-0.3, -0.25) is 0 Å². The average molecular weight is 318 g/mol. The summed E-state index contributed by atoms with van der Waals surface area (Å²) < 4.78 is 6.53. The van der Waals surface area contributed by atoms with Gasteiger partial charge in [-0.2, -0.15) is 0 Å². The molecular weight excluding hydrogens is 296 g/mol. The van der Waals surface area contributed by atoms with Gasteiger partial charge in [0.1, 0.15) is 5.75 Å². The van der Waals surface area contributed by atoms with Gasteiger partial charge in [-0.1, -0.05) is 73.7 Å². The summed E-state index contributed by atoms with van der Waals surface area (Å²) in [5, 5.41) is 0. The van der Waals surface area contributed by atoms with Gasteiger partial charge >= 0.3 is 0 Å². The maximum Gasteiger partial charge on any atom is 0.159 e. The first-order valence-corrected chi connectivity index (χ1v) is 8.11. The van der Waals surface area contributed by atoms with E-state index in [9.17, 15) is 0 Å². The molecule has 0 atom stereocenters. The highest BCUT2D eigenvalue weighted by atomic mass is 16.5. The van der Waals surface area contributed by atoms with E-state index in [4.69, 9.17) is 16.2 Å². The quantitative estimate of drug-likeness (QED) is 0.677. The molecule has 0 aromatic heterocycles. The minimum absolute atomic E-state index is 0.474. The second-order valence-corrected chi connectivity index (χ2v) is 5.77. The minimum atomic E-state index is -0.621. The van der Waals surface area contributed by atoms with E-state index in [0.29, 0.717) is 17.1 Å². The van der Waals surface area contributed by atoms with Crippen molar-refractivity contribution in [3.05, 3.63) is 90.0 Å². The Morgan fingerprint density at radius 3 is 1.79 bits per heavy atom. The Bertz CT molecular complexity index is 761. The molecule has 3 heteroatoms. The maximum atomic E-state index is 6.53. The molecule has 3 aromatic carbocycles. The first-order chi connectivity index (χ1) is 11.7. The SMILES string of the molecule is CCC(Oc1cccc(N)c1N)(c1ccccc1)c1ccccc1. The Morgan fingerprint density at radius 2 is 1.29 bits per heavy atom. The van der Waals surface area contributed by atoms with E-state index in [0.717, 1.165) is 17.5 Å². The molecule has 3 aromatic rings. The highest BCUT2D eigenvalue weighted by Gasteiger charge is 2.35.